The molecule has 10 heteroatoms. The van der Waals surface area contributed by atoms with E-state index in [-0.39, 0.29) is 12.3 Å². The Kier molecular flexibility index (Phi) is 6.78. The van der Waals surface area contributed by atoms with Gasteiger partial charge in [-0.1, -0.05) is 12.1 Å². The highest BCUT2D eigenvalue weighted by molar-refractivity contribution is 7.13. The van der Waals surface area contributed by atoms with Gasteiger partial charge < -0.3 is 14.4 Å². The van der Waals surface area contributed by atoms with Crippen molar-refractivity contribution in [2.24, 2.45) is 0 Å². The lowest BCUT2D eigenvalue weighted by Gasteiger charge is -2.25. The molecule has 1 saturated heterocycles. The van der Waals surface area contributed by atoms with E-state index >= 15 is 0 Å². The van der Waals surface area contributed by atoms with Gasteiger partial charge in [-0.05, 0) is 17.7 Å². The summed E-state index contributed by atoms with van der Waals surface area (Å²) in [6, 6.07) is 8.93. The first-order valence-electron chi connectivity index (χ1n) is 8.62. The highest BCUT2D eigenvalue weighted by Crippen LogP contribution is 2.21. The lowest BCUT2D eigenvalue weighted by molar-refractivity contribution is -0.123. The second-order valence-corrected chi connectivity index (χ2v) is 6.72. The number of rotatable bonds is 6. The van der Waals surface area contributed by atoms with Gasteiger partial charge in [0.25, 0.3) is 11.8 Å². The van der Waals surface area contributed by atoms with Gasteiger partial charge in [-0.15, -0.1) is 11.3 Å². The van der Waals surface area contributed by atoms with Crippen LogP contribution in [-0.4, -0.2) is 49.7 Å². The normalized spacial score (nSPS) is 13.5. The van der Waals surface area contributed by atoms with Crippen LogP contribution in [0.15, 0.2) is 29.6 Å². The second-order valence-electron chi connectivity index (χ2n) is 5.88. The summed E-state index contributed by atoms with van der Waals surface area (Å²) < 4.78 is 10.6. The Morgan fingerprint density at radius 2 is 2.00 bits per heavy atom. The zero-order valence-corrected chi connectivity index (χ0v) is 15.8. The Morgan fingerprint density at radius 3 is 2.71 bits per heavy atom. The van der Waals surface area contributed by atoms with Crippen LogP contribution >= 0.6 is 11.3 Å². The predicted octanol–water partition coefficient (Wildman–Crippen LogP) is 0.886. The van der Waals surface area contributed by atoms with Gasteiger partial charge in [0.15, 0.2) is 11.7 Å². The zero-order valence-electron chi connectivity index (χ0n) is 15.0. The number of anilines is 1. The van der Waals surface area contributed by atoms with E-state index in [9.17, 15) is 9.59 Å². The van der Waals surface area contributed by atoms with Gasteiger partial charge in [0.1, 0.15) is 11.4 Å². The number of aromatic nitrogens is 1. The molecule has 2 N–H and O–H groups in total. The third kappa shape index (κ3) is 5.42. The van der Waals surface area contributed by atoms with Crippen molar-refractivity contribution in [1.82, 2.24) is 15.8 Å². The molecule has 2 aromatic rings. The van der Waals surface area contributed by atoms with Gasteiger partial charge in [-0.2, -0.15) is 5.26 Å². The number of nitrogens with zero attached hydrogens (tertiary/aromatic N) is 3. The van der Waals surface area contributed by atoms with Crippen LogP contribution in [0.2, 0.25) is 0 Å². The van der Waals surface area contributed by atoms with E-state index in [0.29, 0.717) is 25.4 Å². The van der Waals surface area contributed by atoms with Crippen LogP contribution in [0.1, 0.15) is 16.1 Å². The molecule has 0 spiro atoms. The molecule has 0 atom stereocenters. The van der Waals surface area contributed by atoms with Crippen molar-refractivity contribution in [3.8, 4) is 11.8 Å². The number of hydrogen-bond acceptors (Lipinski definition) is 8. The molecule has 0 saturated carbocycles. The smallest absolute Gasteiger partial charge is 0.289 e. The van der Waals surface area contributed by atoms with Gasteiger partial charge in [-0.25, -0.2) is 4.98 Å². The maximum absolute atomic E-state index is 12.1. The Morgan fingerprint density at radius 1 is 1.25 bits per heavy atom. The number of amides is 2. The minimum absolute atomic E-state index is 0.237. The summed E-state index contributed by atoms with van der Waals surface area (Å²) in [5.74, 6) is -0.499. The zero-order chi connectivity index (χ0) is 19.8. The van der Waals surface area contributed by atoms with Crippen molar-refractivity contribution in [3.05, 3.63) is 40.9 Å². The van der Waals surface area contributed by atoms with Gasteiger partial charge in [0, 0.05) is 18.5 Å². The summed E-state index contributed by atoms with van der Waals surface area (Å²) in [5.41, 5.74) is 5.72. The molecule has 0 radical (unpaired) electrons. The lowest BCUT2D eigenvalue weighted by atomic mass is 10.2. The van der Waals surface area contributed by atoms with Crippen molar-refractivity contribution in [3.63, 3.8) is 0 Å². The molecule has 28 heavy (non-hydrogen) atoms. The highest BCUT2D eigenvalue weighted by atomic mass is 32.1. The quantitative estimate of drug-likeness (QED) is 0.690. The molecule has 9 nitrogen and oxygen atoms in total. The average Bonchev–Trinajstić information content (AvgIpc) is 3.23. The van der Waals surface area contributed by atoms with Crippen LogP contribution in [0.3, 0.4) is 0 Å². The fourth-order valence-corrected chi connectivity index (χ4v) is 3.30. The summed E-state index contributed by atoms with van der Waals surface area (Å²) in [5, 5.41) is 11.0. The van der Waals surface area contributed by atoms with Gasteiger partial charge >= 0.3 is 0 Å². The van der Waals surface area contributed by atoms with E-state index in [4.69, 9.17) is 14.7 Å². The van der Waals surface area contributed by atoms with E-state index in [1.165, 1.54) is 11.3 Å². The molecule has 146 valence electrons. The number of nitrogens with one attached hydrogen (secondary N) is 2. The van der Waals surface area contributed by atoms with Crippen molar-refractivity contribution in [2.45, 2.75) is 6.42 Å². The second kappa shape index (κ2) is 9.68. The Bertz CT molecular complexity index is 856. The summed E-state index contributed by atoms with van der Waals surface area (Å²) >= 11 is 1.37. The maximum Gasteiger partial charge on any atom is 0.289 e. The summed E-state index contributed by atoms with van der Waals surface area (Å²) in [6.07, 6.45) is 0.316. The summed E-state index contributed by atoms with van der Waals surface area (Å²) in [6.45, 7) is 2.49. The standard InChI is InChI=1S/C18H19N5O4S/c19-6-5-13-1-3-14(4-2-13)27-11-16(24)21-22-17(25)15-12-28-18(20-15)23-7-9-26-10-8-23/h1-4,12H,5,7-11H2,(H,21,24)(H,22,25). The Balaban J connectivity index is 1.42. The van der Waals surface area contributed by atoms with Crippen molar-refractivity contribution >= 4 is 28.3 Å². The highest BCUT2D eigenvalue weighted by Gasteiger charge is 2.17. The molecule has 0 aliphatic carbocycles. The first kappa shape index (κ1) is 19.6. The van der Waals surface area contributed by atoms with Gasteiger partial charge in [0.2, 0.25) is 0 Å². The number of hydrogen-bond donors (Lipinski definition) is 2. The molecule has 2 amide bonds. The van der Waals surface area contributed by atoms with E-state index in [1.54, 1.807) is 29.6 Å². The molecule has 1 aromatic heterocycles. The average molecular weight is 401 g/mol. The molecule has 2 heterocycles. The Hall–Kier alpha value is -3.16. The van der Waals surface area contributed by atoms with E-state index in [0.717, 1.165) is 23.8 Å². The Labute approximate surface area is 165 Å². The third-order valence-electron chi connectivity index (χ3n) is 3.90. The minimum Gasteiger partial charge on any atom is -0.484 e. The number of nitriles is 1. The fraction of sp³-hybridized carbons (Fsp3) is 0.333. The monoisotopic (exact) mass is 401 g/mol. The van der Waals surface area contributed by atoms with E-state index < -0.39 is 11.8 Å². The van der Waals surface area contributed by atoms with Crippen LogP contribution in [-0.2, 0) is 16.0 Å². The SMILES string of the molecule is N#CCc1ccc(OCC(=O)NNC(=O)c2csc(N3CCOCC3)n2)cc1. The number of hydrazine groups is 1. The molecule has 0 bridgehead atoms. The van der Waals surface area contributed by atoms with Crippen molar-refractivity contribution < 1.29 is 19.1 Å². The lowest BCUT2D eigenvalue weighted by Crippen LogP contribution is -2.44. The maximum atomic E-state index is 12.1. The molecule has 1 aromatic carbocycles. The first-order valence-corrected chi connectivity index (χ1v) is 9.50. The fourth-order valence-electron chi connectivity index (χ4n) is 2.44. The van der Waals surface area contributed by atoms with Crippen LogP contribution in [0.25, 0.3) is 0 Å². The number of benzene rings is 1. The number of carbonyl (C=O) groups excluding carboxylic acids is 2. The number of thiazole rings is 1. The summed E-state index contributed by atoms with van der Waals surface area (Å²) in [7, 11) is 0. The van der Waals surface area contributed by atoms with Gasteiger partial charge in [-0.3, -0.25) is 20.4 Å². The third-order valence-corrected chi connectivity index (χ3v) is 4.80. The molecular weight excluding hydrogens is 382 g/mol. The predicted molar refractivity (Wildman–Crippen MR) is 102 cm³/mol. The van der Waals surface area contributed by atoms with Crippen LogP contribution in [0, 0.1) is 11.3 Å². The molecule has 1 fully saturated rings. The first-order chi connectivity index (χ1) is 13.7. The van der Waals surface area contributed by atoms with Gasteiger partial charge in [0.05, 0.1) is 25.7 Å². The topological polar surface area (TPSA) is 117 Å². The molecule has 0 unspecified atom stereocenters. The van der Waals surface area contributed by atoms with Crippen LogP contribution in [0.4, 0.5) is 5.13 Å². The molecule has 3 rings (SSSR count). The minimum atomic E-state index is -0.502. The number of ether oxygens (including phenoxy) is 2. The molecule has 1 aliphatic rings. The number of morpholine rings is 1. The molecular formula is C18H19N5O4S. The van der Waals surface area contributed by atoms with Crippen LogP contribution in [0.5, 0.6) is 5.75 Å². The van der Waals surface area contributed by atoms with Crippen LogP contribution < -0.4 is 20.5 Å². The molecule has 1 aliphatic heterocycles. The van der Waals surface area contributed by atoms with Crippen molar-refractivity contribution in [1.29, 1.82) is 5.26 Å². The van der Waals surface area contributed by atoms with E-state index in [1.807, 2.05) is 0 Å². The largest absolute Gasteiger partial charge is 0.484 e. The number of carbonyl (C=O) groups is 2. The van der Waals surface area contributed by atoms with Crippen molar-refractivity contribution in [2.75, 3.05) is 37.8 Å². The summed E-state index contributed by atoms with van der Waals surface area (Å²) in [4.78, 5) is 30.3. The van der Waals surface area contributed by atoms with E-state index in [2.05, 4.69) is 26.8 Å².